The minimum Gasteiger partial charge on any atom is -0.492 e. The van der Waals surface area contributed by atoms with Crippen LogP contribution in [0.3, 0.4) is 0 Å². The quantitative estimate of drug-likeness (QED) is 0.430. The third kappa shape index (κ3) is 4.93. The summed E-state index contributed by atoms with van der Waals surface area (Å²) in [5.41, 5.74) is 2.54. The van der Waals surface area contributed by atoms with Gasteiger partial charge in [-0.2, -0.15) is 0 Å². The van der Waals surface area contributed by atoms with Gasteiger partial charge in [-0.3, -0.25) is 4.79 Å². The Labute approximate surface area is 170 Å². The fourth-order valence-corrected chi connectivity index (χ4v) is 3.16. The standard InChI is InChI=1S/C22H24ClN3O2/c1-16(2)22(27)24-13-12-21-25-18-9-4-5-10-19(18)26(21)14-7-15-28-20-11-6-3-8-17(20)23/h3-6,8-11H,1,7,12-15H2,2H3,(H,24,27). The predicted octanol–water partition coefficient (Wildman–Crippen LogP) is 4.39. The second-order valence-electron chi connectivity index (χ2n) is 6.59. The summed E-state index contributed by atoms with van der Waals surface area (Å²) in [7, 11) is 0. The molecular formula is C22H24ClN3O2. The third-order valence-corrected chi connectivity index (χ3v) is 4.69. The van der Waals surface area contributed by atoms with E-state index in [-0.39, 0.29) is 5.91 Å². The number of nitrogens with one attached hydrogen (secondary N) is 1. The van der Waals surface area contributed by atoms with Gasteiger partial charge in [-0.1, -0.05) is 42.4 Å². The lowest BCUT2D eigenvalue weighted by Crippen LogP contribution is -2.26. The monoisotopic (exact) mass is 397 g/mol. The Balaban J connectivity index is 1.64. The van der Waals surface area contributed by atoms with Crippen LogP contribution in [0, 0.1) is 0 Å². The summed E-state index contributed by atoms with van der Waals surface area (Å²) < 4.78 is 7.99. The van der Waals surface area contributed by atoms with Gasteiger partial charge in [-0.25, -0.2) is 4.98 Å². The summed E-state index contributed by atoms with van der Waals surface area (Å²) in [6.45, 7) is 7.21. The molecule has 6 heteroatoms. The number of nitrogens with zero attached hydrogens (tertiary/aromatic N) is 2. The van der Waals surface area contributed by atoms with Crippen molar-refractivity contribution in [2.24, 2.45) is 0 Å². The average Bonchev–Trinajstić information content (AvgIpc) is 3.04. The van der Waals surface area contributed by atoms with Gasteiger partial charge in [-0.15, -0.1) is 0 Å². The van der Waals surface area contributed by atoms with Gasteiger partial charge in [0.05, 0.1) is 22.7 Å². The first kappa shape index (κ1) is 20.0. The zero-order valence-electron chi connectivity index (χ0n) is 16.0. The summed E-state index contributed by atoms with van der Waals surface area (Å²) in [4.78, 5) is 16.4. The van der Waals surface area contributed by atoms with Crippen LogP contribution in [0.5, 0.6) is 5.75 Å². The number of aryl methyl sites for hydroxylation is 1. The number of benzene rings is 2. The van der Waals surface area contributed by atoms with Crippen molar-refractivity contribution >= 4 is 28.5 Å². The van der Waals surface area contributed by atoms with E-state index in [9.17, 15) is 4.79 Å². The lowest BCUT2D eigenvalue weighted by atomic mass is 10.3. The van der Waals surface area contributed by atoms with E-state index in [4.69, 9.17) is 21.3 Å². The second kappa shape index (κ2) is 9.42. The van der Waals surface area contributed by atoms with Crippen LogP contribution in [0.2, 0.25) is 5.02 Å². The Morgan fingerprint density at radius 2 is 1.96 bits per heavy atom. The number of carbonyl (C=O) groups excluding carboxylic acids is 1. The van der Waals surface area contributed by atoms with Gasteiger partial charge in [0.25, 0.3) is 0 Å². The molecule has 0 saturated carbocycles. The number of ether oxygens (including phenoxy) is 1. The summed E-state index contributed by atoms with van der Waals surface area (Å²) >= 11 is 6.13. The normalized spacial score (nSPS) is 10.8. The number of fused-ring (bicyclic) bond motifs is 1. The predicted molar refractivity (Wildman–Crippen MR) is 113 cm³/mol. The number of rotatable bonds is 9. The molecule has 0 atom stereocenters. The number of hydrogen-bond donors (Lipinski definition) is 1. The molecule has 2 aromatic carbocycles. The maximum absolute atomic E-state index is 11.7. The van der Waals surface area contributed by atoms with Crippen molar-refractivity contribution in [3.63, 3.8) is 0 Å². The first-order valence-corrected chi connectivity index (χ1v) is 9.69. The van der Waals surface area contributed by atoms with Gasteiger partial charge in [0.1, 0.15) is 11.6 Å². The van der Waals surface area contributed by atoms with Gasteiger partial charge in [-0.05, 0) is 37.6 Å². The van der Waals surface area contributed by atoms with E-state index >= 15 is 0 Å². The molecule has 0 aliphatic carbocycles. The zero-order valence-corrected chi connectivity index (χ0v) is 16.7. The molecule has 0 bridgehead atoms. The van der Waals surface area contributed by atoms with E-state index in [0.717, 1.165) is 29.8 Å². The lowest BCUT2D eigenvalue weighted by Gasteiger charge is -2.11. The highest BCUT2D eigenvalue weighted by Gasteiger charge is 2.11. The molecule has 0 unspecified atom stereocenters. The van der Waals surface area contributed by atoms with Gasteiger partial charge in [0.2, 0.25) is 5.91 Å². The fraction of sp³-hybridized carbons (Fsp3) is 0.273. The molecule has 0 saturated heterocycles. The van der Waals surface area contributed by atoms with Crippen molar-refractivity contribution in [3.05, 3.63) is 71.5 Å². The van der Waals surface area contributed by atoms with Crippen LogP contribution >= 0.6 is 11.6 Å². The van der Waals surface area contributed by atoms with Crippen molar-refractivity contribution in [1.82, 2.24) is 14.9 Å². The molecule has 0 aliphatic heterocycles. The van der Waals surface area contributed by atoms with E-state index < -0.39 is 0 Å². The molecule has 1 amide bonds. The molecule has 5 nitrogen and oxygen atoms in total. The van der Waals surface area contributed by atoms with E-state index in [1.165, 1.54) is 0 Å². The highest BCUT2D eigenvalue weighted by molar-refractivity contribution is 6.32. The van der Waals surface area contributed by atoms with Crippen LogP contribution in [0.15, 0.2) is 60.7 Å². The zero-order chi connectivity index (χ0) is 19.9. The molecule has 3 aromatic rings. The number of aromatic nitrogens is 2. The van der Waals surface area contributed by atoms with Gasteiger partial charge >= 0.3 is 0 Å². The van der Waals surface area contributed by atoms with Gasteiger partial charge in [0, 0.05) is 25.1 Å². The molecule has 146 valence electrons. The number of halogens is 1. The first-order chi connectivity index (χ1) is 13.6. The summed E-state index contributed by atoms with van der Waals surface area (Å²) in [5, 5.41) is 3.48. The van der Waals surface area contributed by atoms with E-state index in [1.54, 1.807) is 6.92 Å². The summed E-state index contributed by atoms with van der Waals surface area (Å²) in [5.74, 6) is 1.51. The smallest absolute Gasteiger partial charge is 0.246 e. The van der Waals surface area contributed by atoms with Crippen molar-refractivity contribution < 1.29 is 9.53 Å². The maximum Gasteiger partial charge on any atom is 0.246 e. The number of carbonyl (C=O) groups is 1. The SMILES string of the molecule is C=C(C)C(=O)NCCc1nc2ccccc2n1CCCOc1ccccc1Cl. The molecule has 0 radical (unpaired) electrons. The van der Waals surface area contributed by atoms with Crippen LogP contribution in [-0.2, 0) is 17.8 Å². The Hall–Kier alpha value is -2.79. The molecule has 0 aliphatic rings. The van der Waals surface area contributed by atoms with E-state index in [2.05, 4.69) is 22.5 Å². The van der Waals surface area contributed by atoms with Crippen LogP contribution < -0.4 is 10.1 Å². The first-order valence-electron chi connectivity index (χ1n) is 9.31. The minimum absolute atomic E-state index is 0.129. The third-order valence-electron chi connectivity index (χ3n) is 4.38. The Morgan fingerprint density at radius 1 is 1.21 bits per heavy atom. The van der Waals surface area contributed by atoms with Crippen molar-refractivity contribution in [1.29, 1.82) is 0 Å². The summed E-state index contributed by atoms with van der Waals surface area (Å²) in [6.07, 6.45) is 1.47. The molecule has 1 aromatic heterocycles. The lowest BCUT2D eigenvalue weighted by molar-refractivity contribution is -0.117. The maximum atomic E-state index is 11.7. The van der Waals surface area contributed by atoms with E-state index in [0.29, 0.717) is 35.9 Å². The average molecular weight is 398 g/mol. The fourth-order valence-electron chi connectivity index (χ4n) is 2.97. The summed E-state index contributed by atoms with van der Waals surface area (Å²) in [6, 6.07) is 15.5. The molecule has 28 heavy (non-hydrogen) atoms. The van der Waals surface area contributed by atoms with Gasteiger partial charge in [0.15, 0.2) is 0 Å². The number of amides is 1. The Morgan fingerprint density at radius 3 is 2.75 bits per heavy atom. The largest absolute Gasteiger partial charge is 0.492 e. The Bertz CT molecular complexity index is 981. The highest BCUT2D eigenvalue weighted by atomic mass is 35.5. The molecule has 1 N–H and O–H groups in total. The highest BCUT2D eigenvalue weighted by Crippen LogP contribution is 2.23. The van der Waals surface area contributed by atoms with Crippen LogP contribution in [0.1, 0.15) is 19.2 Å². The molecule has 3 rings (SSSR count). The number of imidazole rings is 1. The van der Waals surface area contributed by atoms with Crippen molar-refractivity contribution in [3.8, 4) is 5.75 Å². The number of hydrogen-bond acceptors (Lipinski definition) is 3. The molecule has 0 fully saturated rings. The van der Waals surface area contributed by atoms with Crippen LogP contribution in [0.25, 0.3) is 11.0 Å². The van der Waals surface area contributed by atoms with Crippen LogP contribution in [-0.4, -0.2) is 28.6 Å². The van der Waals surface area contributed by atoms with Crippen molar-refractivity contribution in [2.45, 2.75) is 26.3 Å². The molecule has 0 spiro atoms. The number of para-hydroxylation sites is 3. The second-order valence-corrected chi connectivity index (χ2v) is 6.99. The van der Waals surface area contributed by atoms with E-state index in [1.807, 2.05) is 42.5 Å². The van der Waals surface area contributed by atoms with Gasteiger partial charge < -0.3 is 14.6 Å². The molecular weight excluding hydrogens is 374 g/mol. The Kier molecular flexibility index (Phi) is 6.71. The van der Waals surface area contributed by atoms with Crippen molar-refractivity contribution in [2.75, 3.05) is 13.2 Å². The molecule has 1 heterocycles. The topological polar surface area (TPSA) is 56.2 Å². The minimum atomic E-state index is -0.129. The van der Waals surface area contributed by atoms with Crippen LogP contribution in [0.4, 0.5) is 0 Å².